The zero-order chi connectivity index (χ0) is 14.4. The minimum absolute atomic E-state index is 0.0317. The van der Waals surface area contributed by atoms with Gasteiger partial charge in [0.2, 0.25) is 5.91 Å². The maximum atomic E-state index is 11.5. The molecule has 0 aromatic carbocycles. The molecule has 0 aliphatic rings. The number of aryl methyl sites for hydroxylation is 1. The molecule has 0 aliphatic carbocycles. The number of ether oxygens (including phenoxy) is 1. The molecule has 0 bridgehead atoms. The van der Waals surface area contributed by atoms with Crippen LogP contribution in [0.25, 0.3) is 11.0 Å². The summed E-state index contributed by atoms with van der Waals surface area (Å²) in [6.45, 7) is 4.10. The number of rotatable bonds is 7. The van der Waals surface area contributed by atoms with E-state index in [0.717, 1.165) is 18.6 Å². The third-order valence-corrected chi connectivity index (χ3v) is 3.31. The minimum Gasteiger partial charge on any atom is -0.384 e. The van der Waals surface area contributed by atoms with Gasteiger partial charge < -0.3 is 14.6 Å². The van der Waals surface area contributed by atoms with Gasteiger partial charge in [-0.25, -0.2) is 4.98 Å². The van der Waals surface area contributed by atoms with Crippen LogP contribution in [0.1, 0.15) is 18.9 Å². The summed E-state index contributed by atoms with van der Waals surface area (Å²) in [4.78, 5) is 15.9. The van der Waals surface area contributed by atoms with Crippen LogP contribution in [0.5, 0.6) is 0 Å². The number of nitrogens with zero attached hydrogens (tertiary/aromatic N) is 2. The summed E-state index contributed by atoms with van der Waals surface area (Å²) in [5.74, 6) is 0.0317. The number of fused-ring (bicyclic) bond motifs is 1. The molecule has 5 heteroatoms. The first-order valence-corrected chi connectivity index (χ1v) is 6.94. The van der Waals surface area contributed by atoms with Crippen LogP contribution in [-0.4, -0.2) is 35.7 Å². The lowest BCUT2D eigenvalue weighted by atomic mass is 10.1. The summed E-state index contributed by atoms with van der Waals surface area (Å²) < 4.78 is 7.02. The molecular formula is C15H21N3O2. The third-order valence-electron chi connectivity index (χ3n) is 3.31. The standard InChI is InChI=1S/C15H21N3O2/c1-3-18-11-12(13-5-4-8-17-15(13)18)6-9-16-14(19)7-10-20-2/h4-5,8,11H,3,6-7,9-10H2,1-2H3,(H,16,19). The van der Waals surface area contributed by atoms with Crippen LogP contribution in [0.15, 0.2) is 24.5 Å². The highest BCUT2D eigenvalue weighted by Gasteiger charge is 2.08. The van der Waals surface area contributed by atoms with Crippen LogP contribution < -0.4 is 5.32 Å². The smallest absolute Gasteiger partial charge is 0.222 e. The number of hydrogen-bond acceptors (Lipinski definition) is 3. The molecule has 0 aliphatic heterocycles. The van der Waals surface area contributed by atoms with E-state index in [1.165, 1.54) is 10.9 Å². The van der Waals surface area contributed by atoms with E-state index in [0.29, 0.717) is 19.6 Å². The van der Waals surface area contributed by atoms with Crippen molar-refractivity contribution >= 4 is 16.9 Å². The molecule has 2 rings (SSSR count). The van der Waals surface area contributed by atoms with Crippen molar-refractivity contribution in [2.75, 3.05) is 20.3 Å². The molecule has 0 unspecified atom stereocenters. The summed E-state index contributed by atoms with van der Waals surface area (Å²) >= 11 is 0. The van der Waals surface area contributed by atoms with Crippen LogP contribution in [0.2, 0.25) is 0 Å². The van der Waals surface area contributed by atoms with E-state index in [4.69, 9.17) is 4.74 Å². The number of carbonyl (C=O) groups is 1. The Hall–Kier alpha value is -1.88. The molecule has 20 heavy (non-hydrogen) atoms. The summed E-state index contributed by atoms with van der Waals surface area (Å²) in [5.41, 5.74) is 2.23. The lowest BCUT2D eigenvalue weighted by Crippen LogP contribution is -2.26. The second-order valence-corrected chi connectivity index (χ2v) is 4.66. The fourth-order valence-corrected chi connectivity index (χ4v) is 2.26. The first-order valence-electron chi connectivity index (χ1n) is 6.94. The van der Waals surface area contributed by atoms with E-state index in [1.807, 2.05) is 12.3 Å². The molecule has 2 aromatic rings. The van der Waals surface area contributed by atoms with Crippen molar-refractivity contribution in [1.82, 2.24) is 14.9 Å². The fraction of sp³-hybridized carbons (Fsp3) is 0.467. The van der Waals surface area contributed by atoms with E-state index in [2.05, 4.69) is 34.1 Å². The zero-order valence-electron chi connectivity index (χ0n) is 12.1. The number of pyridine rings is 1. The van der Waals surface area contributed by atoms with Crippen molar-refractivity contribution in [1.29, 1.82) is 0 Å². The molecule has 108 valence electrons. The molecule has 0 saturated carbocycles. The average molecular weight is 275 g/mol. The third kappa shape index (κ3) is 3.36. The zero-order valence-corrected chi connectivity index (χ0v) is 12.1. The van der Waals surface area contributed by atoms with Gasteiger partial charge in [0.25, 0.3) is 0 Å². The van der Waals surface area contributed by atoms with Crippen LogP contribution >= 0.6 is 0 Å². The molecular weight excluding hydrogens is 254 g/mol. The number of nitrogens with one attached hydrogen (secondary N) is 1. The van der Waals surface area contributed by atoms with Gasteiger partial charge in [0.1, 0.15) is 5.65 Å². The van der Waals surface area contributed by atoms with Crippen molar-refractivity contribution < 1.29 is 9.53 Å². The van der Waals surface area contributed by atoms with Gasteiger partial charge in [-0.2, -0.15) is 0 Å². The van der Waals surface area contributed by atoms with Crippen molar-refractivity contribution in [2.24, 2.45) is 0 Å². The SMILES string of the molecule is CCn1cc(CCNC(=O)CCOC)c2cccnc21. The Morgan fingerprint density at radius 2 is 2.35 bits per heavy atom. The topological polar surface area (TPSA) is 56.2 Å². The Labute approximate surface area is 118 Å². The van der Waals surface area contributed by atoms with E-state index in [1.54, 1.807) is 7.11 Å². The monoisotopic (exact) mass is 275 g/mol. The molecule has 2 aromatic heterocycles. The second kappa shape index (κ2) is 7.05. The molecule has 0 atom stereocenters. The number of hydrogen-bond donors (Lipinski definition) is 1. The lowest BCUT2D eigenvalue weighted by molar-refractivity contribution is -0.121. The quantitative estimate of drug-likeness (QED) is 0.837. The predicted molar refractivity (Wildman–Crippen MR) is 78.6 cm³/mol. The maximum Gasteiger partial charge on any atom is 0.222 e. The normalized spacial score (nSPS) is 10.9. The first-order chi connectivity index (χ1) is 9.76. The fourth-order valence-electron chi connectivity index (χ4n) is 2.26. The van der Waals surface area contributed by atoms with Crippen molar-refractivity contribution in [2.45, 2.75) is 26.3 Å². The number of methoxy groups -OCH3 is 1. The van der Waals surface area contributed by atoms with Crippen LogP contribution in [0.4, 0.5) is 0 Å². The van der Waals surface area contributed by atoms with Gasteiger partial charge >= 0.3 is 0 Å². The Balaban J connectivity index is 1.98. The summed E-state index contributed by atoms with van der Waals surface area (Å²) in [6, 6.07) is 4.03. The molecule has 1 amide bonds. The van der Waals surface area contributed by atoms with E-state index in [-0.39, 0.29) is 5.91 Å². The molecule has 0 spiro atoms. The second-order valence-electron chi connectivity index (χ2n) is 4.66. The molecule has 2 heterocycles. The number of carbonyl (C=O) groups excluding carboxylic acids is 1. The van der Waals surface area contributed by atoms with Gasteiger partial charge in [-0.3, -0.25) is 4.79 Å². The Morgan fingerprint density at radius 3 is 3.10 bits per heavy atom. The predicted octanol–water partition coefficient (Wildman–Crippen LogP) is 1.75. The van der Waals surface area contributed by atoms with E-state index < -0.39 is 0 Å². The largest absolute Gasteiger partial charge is 0.384 e. The lowest BCUT2D eigenvalue weighted by Gasteiger charge is -2.04. The van der Waals surface area contributed by atoms with Gasteiger partial charge in [0.15, 0.2) is 0 Å². The maximum absolute atomic E-state index is 11.5. The first kappa shape index (κ1) is 14.5. The molecule has 0 fully saturated rings. The Kier molecular flexibility index (Phi) is 5.12. The highest BCUT2D eigenvalue weighted by Crippen LogP contribution is 2.19. The highest BCUT2D eigenvalue weighted by molar-refractivity contribution is 5.80. The summed E-state index contributed by atoms with van der Waals surface area (Å²) in [7, 11) is 1.60. The van der Waals surface area contributed by atoms with Gasteiger partial charge in [-0.15, -0.1) is 0 Å². The van der Waals surface area contributed by atoms with Crippen LogP contribution in [0, 0.1) is 0 Å². The average Bonchev–Trinajstić information content (AvgIpc) is 2.83. The highest BCUT2D eigenvalue weighted by atomic mass is 16.5. The Bertz CT molecular complexity index is 578. The number of amides is 1. The summed E-state index contributed by atoms with van der Waals surface area (Å²) in [5, 5.41) is 4.08. The van der Waals surface area contributed by atoms with E-state index in [9.17, 15) is 4.79 Å². The van der Waals surface area contributed by atoms with Crippen LogP contribution in [-0.2, 0) is 22.5 Å². The van der Waals surface area contributed by atoms with Gasteiger partial charge in [-0.1, -0.05) is 0 Å². The molecule has 1 N–H and O–H groups in total. The summed E-state index contributed by atoms with van der Waals surface area (Å²) in [6.07, 6.45) is 5.16. The van der Waals surface area contributed by atoms with Crippen molar-refractivity contribution in [3.8, 4) is 0 Å². The van der Waals surface area contributed by atoms with Crippen molar-refractivity contribution in [3.05, 3.63) is 30.1 Å². The van der Waals surface area contributed by atoms with Gasteiger partial charge in [0.05, 0.1) is 6.61 Å². The molecule has 0 radical (unpaired) electrons. The molecule has 0 saturated heterocycles. The number of aromatic nitrogens is 2. The van der Waals surface area contributed by atoms with E-state index >= 15 is 0 Å². The minimum atomic E-state index is 0.0317. The van der Waals surface area contributed by atoms with Gasteiger partial charge in [0, 0.05) is 44.4 Å². The molecule has 5 nitrogen and oxygen atoms in total. The van der Waals surface area contributed by atoms with Crippen molar-refractivity contribution in [3.63, 3.8) is 0 Å². The Morgan fingerprint density at radius 1 is 1.50 bits per heavy atom. The van der Waals surface area contributed by atoms with Crippen LogP contribution in [0.3, 0.4) is 0 Å². The van der Waals surface area contributed by atoms with Gasteiger partial charge in [-0.05, 0) is 31.0 Å².